The molecular weight excluding hydrogens is 428 g/mol. The molecule has 8 nitrogen and oxygen atoms in total. The average molecular weight is 457 g/mol. The van der Waals surface area contributed by atoms with Crippen molar-refractivity contribution < 1.29 is 19.0 Å². The number of hydrogen-bond acceptors (Lipinski definition) is 7. The van der Waals surface area contributed by atoms with Gasteiger partial charge in [-0.05, 0) is 45.4 Å². The molecule has 3 aromatic rings. The summed E-state index contributed by atoms with van der Waals surface area (Å²) in [6, 6.07) is 13.4. The van der Waals surface area contributed by atoms with Crippen LogP contribution in [0.3, 0.4) is 0 Å². The van der Waals surface area contributed by atoms with E-state index in [2.05, 4.69) is 15.6 Å². The largest absolute Gasteiger partial charge is 0.490 e. The molecule has 1 amide bonds. The van der Waals surface area contributed by atoms with Crippen LogP contribution in [0.4, 0.5) is 0 Å². The van der Waals surface area contributed by atoms with Crippen molar-refractivity contribution in [3.8, 4) is 17.2 Å². The maximum atomic E-state index is 13.1. The van der Waals surface area contributed by atoms with Gasteiger partial charge in [-0.25, -0.2) is 4.68 Å². The van der Waals surface area contributed by atoms with Gasteiger partial charge in [0.25, 0.3) is 5.91 Å². The van der Waals surface area contributed by atoms with Crippen molar-refractivity contribution in [3.05, 3.63) is 59.4 Å². The van der Waals surface area contributed by atoms with E-state index in [-0.39, 0.29) is 5.91 Å². The standard InChI is InChI=1S/C23H28N4O4S/c1-5-29-19-13-18(14-20(30-6-2)21(19)31-7-3)22(28)26-27-16(4)24-25-23(27)32-15-17-11-9-8-10-12-17/h8-14H,5-7,15H2,1-4H3,(H,26,28). The molecule has 3 rings (SSSR count). The smallest absolute Gasteiger partial charge is 0.270 e. The molecule has 9 heteroatoms. The molecule has 0 aliphatic carbocycles. The van der Waals surface area contributed by atoms with E-state index < -0.39 is 0 Å². The highest BCUT2D eigenvalue weighted by molar-refractivity contribution is 7.98. The maximum absolute atomic E-state index is 13.1. The summed E-state index contributed by atoms with van der Waals surface area (Å²) in [6.45, 7) is 8.74. The van der Waals surface area contributed by atoms with Crippen molar-refractivity contribution in [2.45, 2.75) is 38.6 Å². The zero-order valence-electron chi connectivity index (χ0n) is 18.8. The molecule has 0 radical (unpaired) electrons. The van der Waals surface area contributed by atoms with Crippen LogP contribution in [0.25, 0.3) is 0 Å². The van der Waals surface area contributed by atoms with Crippen LogP contribution in [0.2, 0.25) is 0 Å². The van der Waals surface area contributed by atoms with Gasteiger partial charge in [0, 0.05) is 11.3 Å². The van der Waals surface area contributed by atoms with Crippen LogP contribution >= 0.6 is 11.8 Å². The van der Waals surface area contributed by atoms with Crippen molar-refractivity contribution in [2.75, 3.05) is 25.2 Å². The molecule has 0 spiro atoms. The number of hydrogen-bond donors (Lipinski definition) is 1. The van der Waals surface area contributed by atoms with Gasteiger partial charge in [-0.15, -0.1) is 10.2 Å². The Morgan fingerprint density at radius 1 is 0.969 bits per heavy atom. The molecule has 32 heavy (non-hydrogen) atoms. The van der Waals surface area contributed by atoms with E-state index in [1.807, 2.05) is 51.1 Å². The summed E-state index contributed by atoms with van der Waals surface area (Å²) in [5.41, 5.74) is 4.42. The van der Waals surface area contributed by atoms with Crippen LogP contribution < -0.4 is 19.6 Å². The van der Waals surface area contributed by atoms with Gasteiger partial charge in [0.05, 0.1) is 19.8 Å². The summed E-state index contributed by atoms with van der Waals surface area (Å²) < 4.78 is 18.7. The van der Waals surface area contributed by atoms with E-state index in [0.717, 1.165) is 5.56 Å². The normalized spacial score (nSPS) is 10.6. The zero-order valence-corrected chi connectivity index (χ0v) is 19.6. The third kappa shape index (κ3) is 5.73. The number of ether oxygens (including phenoxy) is 3. The number of nitrogens with zero attached hydrogens (tertiary/aromatic N) is 3. The summed E-state index contributed by atoms with van der Waals surface area (Å²) in [4.78, 5) is 13.1. The molecule has 0 aliphatic heterocycles. The molecule has 0 saturated carbocycles. The van der Waals surface area contributed by atoms with Gasteiger partial charge in [-0.2, -0.15) is 0 Å². The summed E-state index contributed by atoms with van der Waals surface area (Å²) in [6.07, 6.45) is 0. The summed E-state index contributed by atoms with van der Waals surface area (Å²) in [5.74, 6) is 2.37. The van der Waals surface area contributed by atoms with E-state index in [4.69, 9.17) is 14.2 Å². The quantitative estimate of drug-likeness (QED) is 0.426. The Balaban J connectivity index is 1.84. The second-order valence-corrected chi connectivity index (χ2v) is 7.62. The molecular formula is C23H28N4O4S. The van der Waals surface area contributed by atoms with Crippen LogP contribution in [-0.4, -0.2) is 40.6 Å². The number of aromatic nitrogens is 3. The highest BCUT2D eigenvalue weighted by Crippen LogP contribution is 2.39. The Labute approximate surface area is 192 Å². The molecule has 0 fully saturated rings. The molecule has 0 atom stereocenters. The first-order valence-electron chi connectivity index (χ1n) is 10.5. The molecule has 0 saturated heterocycles. The second-order valence-electron chi connectivity index (χ2n) is 6.68. The Bertz CT molecular complexity index is 1010. The van der Waals surface area contributed by atoms with E-state index in [1.165, 1.54) is 11.8 Å². The molecule has 2 aromatic carbocycles. The molecule has 0 unspecified atom stereocenters. The minimum absolute atomic E-state index is 0.334. The number of nitrogens with one attached hydrogen (secondary N) is 1. The zero-order chi connectivity index (χ0) is 22.9. The summed E-state index contributed by atoms with van der Waals surface area (Å²) >= 11 is 1.50. The summed E-state index contributed by atoms with van der Waals surface area (Å²) in [7, 11) is 0. The first kappa shape index (κ1) is 23.5. The predicted octanol–water partition coefficient (Wildman–Crippen LogP) is 4.46. The molecule has 1 N–H and O–H groups in total. The van der Waals surface area contributed by atoms with Crippen molar-refractivity contribution in [3.63, 3.8) is 0 Å². The lowest BCUT2D eigenvalue weighted by Crippen LogP contribution is -2.25. The van der Waals surface area contributed by atoms with Gasteiger partial charge in [0.15, 0.2) is 11.5 Å². The lowest BCUT2D eigenvalue weighted by atomic mass is 10.1. The fraction of sp³-hybridized carbons (Fsp3) is 0.348. The second kappa shape index (κ2) is 11.4. The molecule has 0 aliphatic rings. The van der Waals surface area contributed by atoms with Gasteiger partial charge < -0.3 is 14.2 Å². The number of aryl methyl sites for hydroxylation is 1. The van der Waals surface area contributed by atoms with Crippen LogP contribution in [-0.2, 0) is 5.75 Å². The molecule has 0 bridgehead atoms. The van der Waals surface area contributed by atoms with Crippen LogP contribution in [0, 0.1) is 6.92 Å². The lowest BCUT2D eigenvalue weighted by Gasteiger charge is -2.17. The Kier molecular flexibility index (Phi) is 8.38. The maximum Gasteiger partial charge on any atom is 0.270 e. The summed E-state index contributed by atoms with van der Waals surface area (Å²) in [5, 5.41) is 8.92. The van der Waals surface area contributed by atoms with Gasteiger partial charge in [0.1, 0.15) is 5.82 Å². The van der Waals surface area contributed by atoms with Gasteiger partial charge in [0.2, 0.25) is 10.9 Å². The number of thioether (sulfide) groups is 1. The lowest BCUT2D eigenvalue weighted by molar-refractivity contribution is 0.100. The SMILES string of the molecule is CCOc1cc(C(=O)Nn2c(C)nnc2SCc2ccccc2)cc(OCC)c1OCC. The average Bonchev–Trinajstić information content (AvgIpc) is 3.14. The van der Waals surface area contributed by atoms with Crippen LogP contribution in [0.15, 0.2) is 47.6 Å². The van der Waals surface area contributed by atoms with E-state index >= 15 is 0 Å². The minimum atomic E-state index is -0.334. The van der Waals surface area contributed by atoms with E-state index in [9.17, 15) is 4.79 Å². The predicted molar refractivity (Wildman–Crippen MR) is 124 cm³/mol. The van der Waals surface area contributed by atoms with Crippen molar-refractivity contribution in [1.29, 1.82) is 0 Å². The topological polar surface area (TPSA) is 87.5 Å². The number of carbonyl (C=O) groups excluding carboxylic acids is 1. The van der Waals surface area contributed by atoms with Gasteiger partial charge in [-0.1, -0.05) is 42.1 Å². The Hall–Kier alpha value is -3.20. The third-order valence-corrected chi connectivity index (χ3v) is 5.39. The van der Waals surface area contributed by atoms with Crippen LogP contribution in [0.1, 0.15) is 42.5 Å². The number of amides is 1. The highest BCUT2D eigenvalue weighted by Gasteiger charge is 2.20. The number of rotatable bonds is 11. The molecule has 170 valence electrons. The van der Waals surface area contributed by atoms with Gasteiger partial charge >= 0.3 is 0 Å². The van der Waals surface area contributed by atoms with Gasteiger partial charge in [-0.3, -0.25) is 10.2 Å². The minimum Gasteiger partial charge on any atom is -0.490 e. The fourth-order valence-electron chi connectivity index (χ4n) is 2.97. The third-order valence-electron chi connectivity index (χ3n) is 4.39. The first-order chi connectivity index (χ1) is 15.6. The number of carbonyl (C=O) groups is 1. The van der Waals surface area contributed by atoms with Crippen molar-refractivity contribution in [2.24, 2.45) is 0 Å². The Morgan fingerprint density at radius 2 is 1.59 bits per heavy atom. The highest BCUT2D eigenvalue weighted by atomic mass is 32.2. The monoisotopic (exact) mass is 456 g/mol. The van der Waals surface area contributed by atoms with Crippen LogP contribution in [0.5, 0.6) is 17.2 Å². The van der Waals surface area contributed by atoms with E-state index in [0.29, 0.717) is 59.4 Å². The van der Waals surface area contributed by atoms with E-state index in [1.54, 1.807) is 23.7 Å². The first-order valence-corrected chi connectivity index (χ1v) is 11.5. The molecule has 1 aromatic heterocycles. The molecule has 1 heterocycles. The number of benzene rings is 2. The van der Waals surface area contributed by atoms with Crippen molar-refractivity contribution >= 4 is 17.7 Å². The van der Waals surface area contributed by atoms with Crippen molar-refractivity contribution in [1.82, 2.24) is 14.9 Å². The Morgan fingerprint density at radius 3 is 2.19 bits per heavy atom. The fourth-order valence-corrected chi connectivity index (χ4v) is 3.87.